The number of aromatic carboxylic acids is 1. The van der Waals surface area contributed by atoms with Crippen LogP contribution in [0, 0.1) is 0 Å². The van der Waals surface area contributed by atoms with Crippen molar-refractivity contribution in [1.29, 1.82) is 0 Å². The van der Waals surface area contributed by atoms with E-state index in [4.69, 9.17) is 21.3 Å². The van der Waals surface area contributed by atoms with Crippen LogP contribution in [0.1, 0.15) is 10.4 Å². The number of nitrogens with one attached hydrogen (secondary N) is 1. The van der Waals surface area contributed by atoms with Crippen molar-refractivity contribution in [2.45, 2.75) is 4.90 Å². The predicted molar refractivity (Wildman–Crippen MR) is 73.0 cm³/mol. The Morgan fingerprint density at radius 3 is 2.57 bits per heavy atom. The number of nitrogens with two attached hydrogens (primary N) is 2. The van der Waals surface area contributed by atoms with Crippen molar-refractivity contribution in [3.63, 3.8) is 0 Å². The number of sulfonamides is 1. The summed E-state index contributed by atoms with van der Waals surface area (Å²) in [6.07, 6.45) is 0. The molecule has 0 saturated carbocycles. The number of carbonyl (C=O) groups excluding carboxylic acids is 1. The van der Waals surface area contributed by atoms with E-state index in [9.17, 15) is 18.0 Å². The van der Waals surface area contributed by atoms with E-state index in [0.717, 1.165) is 12.1 Å². The second kappa shape index (κ2) is 7.02. The Labute approximate surface area is 120 Å². The Morgan fingerprint density at radius 2 is 2.00 bits per heavy atom. The summed E-state index contributed by atoms with van der Waals surface area (Å²) < 4.78 is 30.9. The van der Waals surface area contributed by atoms with E-state index < -0.39 is 32.4 Å². The summed E-state index contributed by atoms with van der Waals surface area (Å²) in [5.74, 6) is -2.09. The van der Waals surface area contributed by atoms with Crippen LogP contribution in [0.25, 0.3) is 0 Å². The van der Waals surface area contributed by atoms with Gasteiger partial charge in [0, 0.05) is 12.2 Å². The lowest BCUT2D eigenvalue weighted by molar-refractivity contribution is -0.122. The maximum Gasteiger partial charge on any atom is 0.337 e. The minimum atomic E-state index is -4.04. The molecule has 1 amide bonds. The normalized spacial score (nSPS) is 11.2. The molecule has 0 atom stereocenters. The largest absolute Gasteiger partial charge is 0.478 e. The van der Waals surface area contributed by atoms with Crippen molar-refractivity contribution < 1.29 is 27.9 Å². The fraction of sp³-hybridized carbons (Fsp3) is 0.273. The number of benzene rings is 1. The number of anilines is 1. The second-order valence-electron chi connectivity index (χ2n) is 3.98. The number of hydrogen-bond acceptors (Lipinski definition) is 6. The molecule has 21 heavy (non-hydrogen) atoms. The van der Waals surface area contributed by atoms with E-state index >= 15 is 0 Å². The van der Waals surface area contributed by atoms with Gasteiger partial charge in [0.05, 0.1) is 17.1 Å². The average molecular weight is 317 g/mol. The van der Waals surface area contributed by atoms with E-state index in [1.165, 1.54) is 6.07 Å². The Kier molecular flexibility index (Phi) is 5.64. The van der Waals surface area contributed by atoms with Crippen molar-refractivity contribution >= 4 is 27.6 Å². The standard InChI is InChI=1S/C11H15N3O6S/c12-7-1-2-9(8(5-7)11(16)17)21(18,19)14-3-4-20-6-10(13)15/h1-2,5,14H,3-4,6,12H2,(H2,13,15)(H,16,17). The Bertz CT molecular complexity index is 643. The zero-order valence-corrected chi connectivity index (χ0v) is 11.7. The third-order valence-corrected chi connectivity index (χ3v) is 3.83. The summed E-state index contributed by atoms with van der Waals surface area (Å²) in [5.41, 5.74) is 9.98. The van der Waals surface area contributed by atoms with Crippen LogP contribution in [-0.2, 0) is 19.6 Å². The Balaban J connectivity index is 2.79. The molecule has 0 fully saturated rings. The second-order valence-corrected chi connectivity index (χ2v) is 5.71. The number of carboxylic acid groups (broad SMARTS) is 1. The van der Waals surface area contributed by atoms with E-state index in [1.54, 1.807) is 0 Å². The van der Waals surface area contributed by atoms with Gasteiger partial charge in [-0.1, -0.05) is 0 Å². The lowest BCUT2D eigenvalue weighted by Crippen LogP contribution is -2.30. The van der Waals surface area contributed by atoms with Gasteiger partial charge in [0.2, 0.25) is 15.9 Å². The molecular weight excluding hydrogens is 302 g/mol. The van der Waals surface area contributed by atoms with Crippen molar-refractivity contribution in [2.75, 3.05) is 25.5 Å². The number of hydrogen-bond donors (Lipinski definition) is 4. The van der Waals surface area contributed by atoms with Crippen molar-refractivity contribution in [1.82, 2.24) is 4.72 Å². The van der Waals surface area contributed by atoms with Crippen LogP contribution in [0.5, 0.6) is 0 Å². The minimum absolute atomic E-state index is 0.0838. The van der Waals surface area contributed by atoms with Crippen LogP contribution in [0.15, 0.2) is 23.1 Å². The van der Waals surface area contributed by atoms with Gasteiger partial charge in [0.1, 0.15) is 6.61 Å². The van der Waals surface area contributed by atoms with Crippen LogP contribution < -0.4 is 16.2 Å². The van der Waals surface area contributed by atoms with E-state index in [0.29, 0.717) is 0 Å². The molecular formula is C11H15N3O6S. The molecule has 0 aromatic heterocycles. The van der Waals surface area contributed by atoms with Gasteiger partial charge in [0.15, 0.2) is 0 Å². The summed E-state index contributed by atoms with van der Waals surface area (Å²) >= 11 is 0. The highest BCUT2D eigenvalue weighted by atomic mass is 32.2. The van der Waals surface area contributed by atoms with Crippen LogP contribution in [-0.4, -0.2) is 45.2 Å². The number of carbonyl (C=O) groups is 2. The van der Waals surface area contributed by atoms with Crippen molar-refractivity contribution in [3.05, 3.63) is 23.8 Å². The molecule has 1 rings (SSSR count). The lowest BCUT2D eigenvalue weighted by atomic mass is 10.2. The molecule has 1 aromatic carbocycles. The maximum absolute atomic E-state index is 12.0. The first-order valence-corrected chi connectivity index (χ1v) is 7.21. The molecule has 9 nitrogen and oxygen atoms in total. The number of amides is 1. The molecule has 1 aromatic rings. The quantitative estimate of drug-likeness (QED) is 0.344. The predicted octanol–water partition coefficient (Wildman–Crippen LogP) is -1.25. The van der Waals surface area contributed by atoms with Crippen molar-refractivity contribution in [2.24, 2.45) is 5.73 Å². The zero-order valence-electron chi connectivity index (χ0n) is 10.9. The molecule has 10 heteroatoms. The summed E-state index contributed by atoms with van der Waals surface area (Å²) in [7, 11) is -4.04. The third kappa shape index (κ3) is 5.02. The Hall–Kier alpha value is -2.17. The first-order chi connectivity index (χ1) is 9.74. The summed E-state index contributed by atoms with van der Waals surface area (Å²) in [6, 6.07) is 3.44. The molecule has 0 aliphatic rings. The zero-order chi connectivity index (χ0) is 16.0. The molecule has 0 aliphatic carbocycles. The molecule has 0 heterocycles. The van der Waals surface area contributed by atoms with Gasteiger partial charge in [-0.3, -0.25) is 4.79 Å². The first kappa shape index (κ1) is 16.9. The molecule has 0 spiro atoms. The summed E-state index contributed by atoms with van der Waals surface area (Å²) in [6.45, 7) is -0.553. The van der Waals surface area contributed by atoms with Crippen LogP contribution in [0.3, 0.4) is 0 Å². The van der Waals surface area contributed by atoms with Gasteiger partial charge in [0.25, 0.3) is 0 Å². The number of primary amides is 1. The summed E-state index contributed by atoms with van der Waals surface area (Å²) in [5, 5.41) is 9.00. The molecule has 6 N–H and O–H groups in total. The number of rotatable bonds is 8. The van der Waals surface area contributed by atoms with Crippen LogP contribution >= 0.6 is 0 Å². The van der Waals surface area contributed by atoms with Gasteiger partial charge < -0.3 is 21.3 Å². The van der Waals surface area contributed by atoms with E-state index in [-0.39, 0.29) is 25.4 Å². The maximum atomic E-state index is 12.0. The third-order valence-electron chi connectivity index (χ3n) is 2.31. The molecule has 0 bridgehead atoms. The summed E-state index contributed by atoms with van der Waals surface area (Å²) in [4.78, 5) is 21.1. The van der Waals surface area contributed by atoms with E-state index in [2.05, 4.69) is 4.72 Å². The molecule has 0 saturated heterocycles. The van der Waals surface area contributed by atoms with Gasteiger partial charge in [-0.25, -0.2) is 17.9 Å². The van der Waals surface area contributed by atoms with Crippen LogP contribution in [0.4, 0.5) is 5.69 Å². The topological polar surface area (TPSA) is 162 Å². The fourth-order valence-corrected chi connectivity index (χ4v) is 2.64. The average Bonchev–Trinajstić information content (AvgIpc) is 2.37. The minimum Gasteiger partial charge on any atom is -0.478 e. The molecule has 0 unspecified atom stereocenters. The molecule has 0 radical (unpaired) electrons. The van der Waals surface area contributed by atoms with Crippen LogP contribution in [0.2, 0.25) is 0 Å². The van der Waals surface area contributed by atoms with E-state index in [1.807, 2.05) is 0 Å². The fourth-order valence-electron chi connectivity index (χ4n) is 1.45. The van der Waals surface area contributed by atoms with Gasteiger partial charge >= 0.3 is 5.97 Å². The number of ether oxygens (including phenoxy) is 1. The van der Waals surface area contributed by atoms with Gasteiger partial charge in [-0.15, -0.1) is 0 Å². The highest BCUT2D eigenvalue weighted by molar-refractivity contribution is 7.89. The number of carboxylic acids is 1. The SMILES string of the molecule is NC(=O)COCCNS(=O)(=O)c1ccc(N)cc1C(=O)O. The van der Waals surface area contributed by atoms with Gasteiger partial charge in [-0.2, -0.15) is 0 Å². The Morgan fingerprint density at radius 1 is 1.33 bits per heavy atom. The monoisotopic (exact) mass is 317 g/mol. The molecule has 116 valence electrons. The molecule has 0 aliphatic heterocycles. The highest BCUT2D eigenvalue weighted by Gasteiger charge is 2.22. The first-order valence-electron chi connectivity index (χ1n) is 5.72. The number of nitrogen functional groups attached to an aromatic ring is 1. The highest BCUT2D eigenvalue weighted by Crippen LogP contribution is 2.18. The van der Waals surface area contributed by atoms with Crippen molar-refractivity contribution in [3.8, 4) is 0 Å². The lowest BCUT2D eigenvalue weighted by Gasteiger charge is -2.10. The van der Waals surface area contributed by atoms with Gasteiger partial charge in [-0.05, 0) is 18.2 Å². The smallest absolute Gasteiger partial charge is 0.337 e.